The van der Waals surface area contributed by atoms with Gasteiger partial charge in [-0.3, -0.25) is 10.3 Å². The maximum absolute atomic E-state index is 13.4. The number of rotatable bonds is 4. The molecule has 0 radical (unpaired) electrons. The van der Waals surface area contributed by atoms with Crippen LogP contribution in [0, 0.1) is 5.82 Å². The van der Waals surface area contributed by atoms with Crippen molar-refractivity contribution in [3.63, 3.8) is 0 Å². The molecule has 0 fully saturated rings. The number of carbonyl (C=O) groups excluding carboxylic acids is 1. The molecule has 0 aliphatic carbocycles. The zero-order valence-electron chi connectivity index (χ0n) is 15.2. The van der Waals surface area contributed by atoms with Crippen LogP contribution >= 0.6 is 0 Å². The molecule has 3 aromatic heterocycles. The smallest absolute Gasteiger partial charge is 0.338 e. The summed E-state index contributed by atoms with van der Waals surface area (Å²) in [5, 5.41) is 8.09. The van der Waals surface area contributed by atoms with Gasteiger partial charge >= 0.3 is 12.2 Å². The lowest BCUT2D eigenvalue weighted by molar-refractivity contribution is -0.140. The van der Waals surface area contributed by atoms with Gasteiger partial charge < -0.3 is 9.84 Å². The molecule has 0 bridgehead atoms. The van der Waals surface area contributed by atoms with Crippen LogP contribution in [0.1, 0.15) is 31.2 Å². The number of aromatic nitrogens is 3. The van der Waals surface area contributed by atoms with Crippen LogP contribution < -0.4 is 10.6 Å². The number of urea groups is 1. The van der Waals surface area contributed by atoms with Crippen LogP contribution in [0.2, 0.25) is 0 Å². The average molecular weight is 409 g/mol. The molecule has 11 heteroatoms. The Bertz CT molecular complexity index is 1030. The molecule has 3 rings (SSSR count). The summed E-state index contributed by atoms with van der Waals surface area (Å²) in [6.07, 6.45) is -2.76. The van der Waals surface area contributed by atoms with Crippen LogP contribution in [0.25, 0.3) is 11.3 Å². The van der Waals surface area contributed by atoms with E-state index in [1.165, 1.54) is 18.3 Å². The number of nitrogens with zero attached hydrogens (tertiary/aromatic N) is 3. The van der Waals surface area contributed by atoms with E-state index < -0.39 is 29.4 Å². The highest BCUT2D eigenvalue weighted by molar-refractivity contribution is 5.99. The highest BCUT2D eigenvalue weighted by Crippen LogP contribution is 2.35. The van der Waals surface area contributed by atoms with Crippen molar-refractivity contribution in [1.29, 1.82) is 0 Å². The van der Waals surface area contributed by atoms with Crippen molar-refractivity contribution >= 4 is 17.6 Å². The highest BCUT2D eigenvalue weighted by atomic mass is 19.4. The molecule has 29 heavy (non-hydrogen) atoms. The maximum Gasteiger partial charge on any atom is 0.435 e. The Labute approximate surface area is 162 Å². The lowest BCUT2D eigenvalue weighted by Crippen LogP contribution is -2.22. The van der Waals surface area contributed by atoms with Gasteiger partial charge in [-0.25, -0.2) is 14.2 Å². The van der Waals surface area contributed by atoms with Gasteiger partial charge in [0.1, 0.15) is 5.82 Å². The molecule has 0 aliphatic rings. The Kier molecular flexibility index (Phi) is 5.48. The first-order valence-corrected chi connectivity index (χ1v) is 8.37. The Hall–Kier alpha value is -3.50. The molecule has 7 nitrogen and oxygen atoms in total. The highest BCUT2D eigenvalue weighted by Gasteiger charge is 2.36. The van der Waals surface area contributed by atoms with Crippen LogP contribution in [0.3, 0.4) is 0 Å². The molecular weight excluding hydrogens is 394 g/mol. The van der Waals surface area contributed by atoms with Crippen molar-refractivity contribution in [1.82, 2.24) is 15.1 Å². The van der Waals surface area contributed by atoms with Crippen molar-refractivity contribution in [2.24, 2.45) is 0 Å². The van der Waals surface area contributed by atoms with Crippen LogP contribution in [0.4, 0.5) is 33.9 Å². The second-order valence-electron chi connectivity index (χ2n) is 6.33. The van der Waals surface area contributed by atoms with Gasteiger partial charge in [0.25, 0.3) is 0 Å². The van der Waals surface area contributed by atoms with Gasteiger partial charge in [0, 0.05) is 17.8 Å². The van der Waals surface area contributed by atoms with Crippen molar-refractivity contribution in [3.05, 3.63) is 53.9 Å². The number of pyridine rings is 2. The Balaban J connectivity index is 1.85. The average Bonchev–Trinajstić information content (AvgIpc) is 3.09. The first-order valence-electron chi connectivity index (χ1n) is 8.37. The summed E-state index contributed by atoms with van der Waals surface area (Å²) in [5.41, 5.74) is -1.42. The summed E-state index contributed by atoms with van der Waals surface area (Å²) in [6, 6.07) is 3.74. The minimum Gasteiger partial charge on any atom is -0.338 e. The van der Waals surface area contributed by atoms with E-state index in [2.05, 4.69) is 25.8 Å². The zero-order valence-corrected chi connectivity index (χ0v) is 15.2. The normalized spacial score (nSPS) is 11.6. The molecule has 3 aromatic rings. The summed E-state index contributed by atoms with van der Waals surface area (Å²) in [7, 11) is 0. The topological polar surface area (TPSA) is 92.9 Å². The van der Waals surface area contributed by atoms with Gasteiger partial charge in [-0.15, -0.1) is 0 Å². The summed E-state index contributed by atoms with van der Waals surface area (Å²) in [6.45, 7) is 3.72. The number of carbonyl (C=O) groups is 1. The largest absolute Gasteiger partial charge is 0.435 e. The molecule has 0 unspecified atom stereocenters. The van der Waals surface area contributed by atoms with Crippen LogP contribution in [-0.2, 0) is 6.18 Å². The molecular formula is C18H15F4N5O2. The van der Waals surface area contributed by atoms with Gasteiger partial charge in [0.2, 0.25) is 5.88 Å². The van der Waals surface area contributed by atoms with Crippen LogP contribution in [-0.4, -0.2) is 21.2 Å². The van der Waals surface area contributed by atoms with E-state index in [0.29, 0.717) is 5.69 Å². The van der Waals surface area contributed by atoms with Gasteiger partial charge in [-0.1, -0.05) is 19.0 Å². The number of halogens is 4. The molecule has 0 aliphatic heterocycles. The van der Waals surface area contributed by atoms with Crippen LogP contribution in [0.15, 0.2) is 41.2 Å². The monoisotopic (exact) mass is 409 g/mol. The first kappa shape index (κ1) is 20.2. The number of alkyl halides is 3. The molecule has 0 aromatic carbocycles. The number of anilines is 2. The zero-order chi connectivity index (χ0) is 21.2. The molecule has 0 spiro atoms. The Morgan fingerprint density at radius 3 is 2.52 bits per heavy atom. The van der Waals surface area contributed by atoms with E-state index in [9.17, 15) is 22.4 Å². The minimum absolute atomic E-state index is 0.0184. The Morgan fingerprint density at radius 1 is 1.14 bits per heavy atom. The number of hydrogen-bond donors (Lipinski definition) is 2. The predicted molar refractivity (Wildman–Crippen MR) is 95.7 cm³/mol. The van der Waals surface area contributed by atoms with Gasteiger partial charge in [-0.05, 0) is 24.1 Å². The van der Waals surface area contributed by atoms with E-state index in [1.54, 1.807) is 0 Å². The van der Waals surface area contributed by atoms with E-state index in [0.717, 1.165) is 18.3 Å². The lowest BCUT2D eigenvalue weighted by Gasteiger charge is -2.14. The molecule has 2 N–H and O–H groups in total. The van der Waals surface area contributed by atoms with Gasteiger partial charge in [-0.2, -0.15) is 13.2 Å². The summed E-state index contributed by atoms with van der Waals surface area (Å²) >= 11 is 0. The molecule has 3 heterocycles. The van der Waals surface area contributed by atoms with Crippen molar-refractivity contribution in [3.8, 4) is 11.3 Å². The first-order chi connectivity index (χ1) is 13.6. The third-order valence-corrected chi connectivity index (χ3v) is 3.77. The summed E-state index contributed by atoms with van der Waals surface area (Å²) in [4.78, 5) is 19.2. The van der Waals surface area contributed by atoms with Gasteiger partial charge in [0.15, 0.2) is 5.69 Å². The third-order valence-electron chi connectivity index (χ3n) is 3.77. The fourth-order valence-electron chi connectivity index (χ4n) is 2.37. The van der Waals surface area contributed by atoms with Crippen LogP contribution in [0.5, 0.6) is 0 Å². The van der Waals surface area contributed by atoms with Crippen molar-refractivity contribution < 1.29 is 26.9 Å². The van der Waals surface area contributed by atoms with Gasteiger partial charge in [0.05, 0.1) is 23.3 Å². The molecule has 0 atom stereocenters. The van der Waals surface area contributed by atoms with E-state index in [1.807, 2.05) is 13.8 Å². The van der Waals surface area contributed by atoms with E-state index in [4.69, 9.17) is 4.52 Å². The molecule has 2 amide bonds. The number of amides is 2. The maximum atomic E-state index is 13.4. The fourth-order valence-corrected chi connectivity index (χ4v) is 2.37. The minimum atomic E-state index is -4.86. The quantitative estimate of drug-likeness (QED) is 0.588. The second kappa shape index (κ2) is 7.86. The van der Waals surface area contributed by atoms with Crippen molar-refractivity contribution in [2.75, 3.05) is 10.6 Å². The lowest BCUT2D eigenvalue weighted by atomic mass is 10.1. The molecule has 0 saturated heterocycles. The van der Waals surface area contributed by atoms with E-state index >= 15 is 0 Å². The second-order valence-corrected chi connectivity index (χ2v) is 6.33. The summed E-state index contributed by atoms with van der Waals surface area (Å²) in [5.74, 6) is -0.689. The van der Waals surface area contributed by atoms with Crippen molar-refractivity contribution in [2.45, 2.75) is 25.9 Å². The molecule has 0 saturated carbocycles. The SMILES string of the molecule is CC(C)c1cc(NC(=O)Nc2ccc(-c3cncc(F)c3)nc2C(F)(F)F)on1. The Morgan fingerprint density at radius 2 is 1.90 bits per heavy atom. The standard InChI is InChI=1S/C18H15F4N5O2/c1-9(2)14-6-15(29-27-14)26-17(28)25-13-4-3-12(24-16(13)18(20,21)22)10-5-11(19)8-23-7-10/h3-9H,1-2H3,(H2,25,26,28). The molecule has 152 valence electrons. The summed E-state index contributed by atoms with van der Waals surface area (Å²) < 4.78 is 58.5. The number of nitrogens with one attached hydrogen (secondary N) is 2. The van der Waals surface area contributed by atoms with E-state index in [-0.39, 0.29) is 23.1 Å². The predicted octanol–water partition coefficient (Wildman–Crippen LogP) is 5.06. The fraction of sp³-hybridized carbons (Fsp3) is 0.222. The number of hydrogen-bond acceptors (Lipinski definition) is 5. The third kappa shape index (κ3) is 4.86.